The molecule has 2 heterocycles. The quantitative estimate of drug-likeness (QED) is 0.678. The van der Waals surface area contributed by atoms with Crippen LogP contribution in [0.5, 0.6) is 0 Å². The second kappa shape index (κ2) is 5.84. The molecule has 2 aromatic carbocycles. The number of nitrogens with one attached hydrogen (secondary N) is 3. The van der Waals surface area contributed by atoms with Crippen LogP contribution >= 0.6 is 0 Å². The van der Waals surface area contributed by atoms with Crippen molar-refractivity contribution in [1.82, 2.24) is 9.97 Å². The summed E-state index contributed by atoms with van der Waals surface area (Å²) in [5.74, 6) is -0.267. The third-order valence-corrected chi connectivity index (χ3v) is 4.72. The minimum Gasteiger partial charge on any atom is -0.345 e. The fourth-order valence-corrected chi connectivity index (χ4v) is 3.06. The molecule has 0 saturated carbocycles. The molecule has 1 aliphatic rings. The molecule has 0 unspecified atom stereocenters. The highest BCUT2D eigenvalue weighted by atomic mass is 16.2. The van der Waals surface area contributed by atoms with Gasteiger partial charge in [0.15, 0.2) is 0 Å². The molecule has 0 atom stereocenters. The summed E-state index contributed by atoms with van der Waals surface area (Å²) >= 11 is 0. The van der Waals surface area contributed by atoms with E-state index in [1.807, 2.05) is 38.1 Å². The highest BCUT2D eigenvalue weighted by Gasteiger charge is 2.38. The van der Waals surface area contributed by atoms with Crippen molar-refractivity contribution in [3.05, 3.63) is 66.1 Å². The van der Waals surface area contributed by atoms with E-state index in [-0.39, 0.29) is 11.8 Å². The lowest BCUT2D eigenvalue weighted by atomic mass is 9.85. The number of hydrogen-bond donors (Lipinski definition) is 3. The van der Waals surface area contributed by atoms with Crippen LogP contribution < -0.4 is 10.6 Å². The van der Waals surface area contributed by atoms with E-state index in [2.05, 4.69) is 20.6 Å². The molecule has 130 valence electrons. The van der Waals surface area contributed by atoms with Crippen LogP contribution in [0.2, 0.25) is 0 Å². The van der Waals surface area contributed by atoms with Gasteiger partial charge in [0.05, 0.1) is 23.6 Å². The maximum atomic E-state index is 12.6. The van der Waals surface area contributed by atoms with Crippen molar-refractivity contribution < 1.29 is 9.59 Å². The van der Waals surface area contributed by atoms with Crippen molar-refractivity contribution in [3.63, 3.8) is 0 Å². The molecule has 0 bridgehead atoms. The van der Waals surface area contributed by atoms with Crippen LogP contribution in [0.15, 0.2) is 55.0 Å². The Labute approximate surface area is 150 Å². The molecule has 3 N–H and O–H groups in total. The Balaban J connectivity index is 1.54. The number of amides is 2. The Morgan fingerprint density at radius 3 is 2.58 bits per heavy atom. The van der Waals surface area contributed by atoms with Gasteiger partial charge in [-0.3, -0.25) is 9.59 Å². The molecule has 1 aliphatic heterocycles. The average Bonchev–Trinajstić information content (AvgIpc) is 3.23. The smallest absolute Gasteiger partial charge is 0.255 e. The second-order valence-electron chi connectivity index (χ2n) is 6.84. The summed E-state index contributed by atoms with van der Waals surface area (Å²) < 4.78 is 0. The van der Waals surface area contributed by atoms with Crippen LogP contribution in [0, 0.1) is 0 Å². The molecule has 6 heteroatoms. The van der Waals surface area contributed by atoms with Crippen LogP contribution in [0.3, 0.4) is 0 Å². The maximum Gasteiger partial charge on any atom is 0.255 e. The molecule has 3 aromatic rings. The molecule has 0 spiro atoms. The molecule has 6 nitrogen and oxygen atoms in total. The van der Waals surface area contributed by atoms with Crippen molar-refractivity contribution in [3.8, 4) is 11.3 Å². The van der Waals surface area contributed by atoms with Crippen LogP contribution in [-0.2, 0) is 10.2 Å². The highest BCUT2D eigenvalue weighted by Crippen LogP contribution is 2.37. The zero-order chi connectivity index (χ0) is 18.3. The van der Waals surface area contributed by atoms with E-state index in [4.69, 9.17) is 0 Å². The van der Waals surface area contributed by atoms with E-state index in [1.165, 1.54) is 0 Å². The van der Waals surface area contributed by atoms with Gasteiger partial charge in [0.1, 0.15) is 0 Å². The average molecular weight is 346 g/mol. The van der Waals surface area contributed by atoms with Crippen molar-refractivity contribution >= 4 is 23.2 Å². The standard InChI is InChI=1S/C20H18N4O2/c1-20(2)15-9-13(5-8-16(15)24-19(20)26)18(25)23-14-6-3-12(4-7-14)17-10-21-11-22-17/h3-11H,1-2H3,(H,21,22)(H,23,25)(H,24,26). The summed E-state index contributed by atoms with van der Waals surface area (Å²) in [5, 5.41) is 5.73. The Bertz CT molecular complexity index is 989. The molecule has 2 amide bonds. The SMILES string of the molecule is CC1(C)C(=O)Nc2ccc(C(=O)Nc3ccc(-c4cnc[nH]4)cc3)cc21. The summed E-state index contributed by atoms with van der Waals surface area (Å²) in [4.78, 5) is 31.7. The first-order valence-corrected chi connectivity index (χ1v) is 8.31. The molecule has 0 aliphatic carbocycles. The molecular formula is C20H18N4O2. The van der Waals surface area contributed by atoms with E-state index in [1.54, 1.807) is 30.7 Å². The normalized spacial score (nSPS) is 14.6. The number of imidazole rings is 1. The minimum atomic E-state index is -0.642. The number of fused-ring (bicyclic) bond motifs is 1. The van der Waals surface area contributed by atoms with Gasteiger partial charge in [-0.1, -0.05) is 12.1 Å². The lowest BCUT2D eigenvalue weighted by molar-refractivity contribution is -0.119. The van der Waals surface area contributed by atoms with Gasteiger partial charge in [0.25, 0.3) is 5.91 Å². The number of carbonyl (C=O) groups is 2. The van der Waals surface area contributed by atoms with Crippen molar-refractivity contribution in [2.24, 2.45) is 0 Å². The first-order chi connectivity index (χ1) is 12.4. The van der Waals surface area contributed by atoms with Gasteiger partial charge in [-0.15, -0.1) is 0 Å². The van der Waals surface area contributed by atoms with E-state index in [9.17, 15) is 9.59 Å². The molecular weight excluding hydrogens is 328 g/mol. The summed E-state index contributed by atoms with van der Waals surface area (Å²) in [5.41, 5.74) is 4.09. The van der Waals surface area contributed by atoms with Gasteiger partial charge in [-0.05, 0) is 55.3 Å². The van der Waals surface area contributed by atoms with E-state index in [0.29, 0.717) is 11.3 Å². The number of benzene rings is 2. The van der Waals surface area contributed by atoms with Crippen molar-refractivity contribution in [1.29, 1.82) is 0 Å². The number of aromatic nitrogens is 2. The lowest BCUT2D eigenvalue weighted by Gasteiger charge is -2.15. The molecule has 1 aromatic heterocycles. The Hall–Kier alpha value is -3.41. The van der Waals surface area contributed by atoms with E-state index < -0.39 is 5.41 Å². The summed E-state index contributed by atoms with van der Waals surface area (Å²) in [7, 11) is 0. The number of nitrogens with zero attached hydrogens (tertiary/aromatic N) is 1. The van der Waals surface area contributed by atoms with Crippen molar-refractivity contribution in [2.75, 3.05) is 10.6 Å². The van der Waals surface area contributed by atoms with E-state index in [0.717, 1.165) is 22.5 Å². The predicted molar refractivity (Wildman–Crippen MR) is 100 cm³/mol. The van der Waals surface area contributed by atoms with E-state index >= 15 is 0 Å². The molecule has 0 radical (unpaired) electrons. The predicted octanol–water partition coefficient (Wildman–Crippen LogP) is 3.56. The monoisotopic (exact) mass is 346 g/mol. The summed E-state index contributed by atoms with van der Waals surface area (Å²) in [6.07, 6.45) is 3.37. The van der Waals surface area contributed by atoms with Gasteiger partial charge in [0, 0.05) is 16.9 Å². The number of aromatic amines is 1. The number of anilines is 2. The van der Waals surface area contributed by atoms with Gasteiger partial charge in [-0.25, -0.2) is 4.98 Å². The number of hydrogen-bond acceptors (Lipinski definition) is 3. The van der Waals surface area contributed by atoms with Crippen LogP contribution in [0.1, 0.15) is 29.8 Å². The Kier molecular flexibility index (Phi) is 3.61. The first kappa shape index (κ1) is 16.1. The molecule has 4 rings (SSSR count). The Morgan fingerprint density at radius 2 is 1.88 bits per heavy atom. The molecule has 0 saturated heterocycles. The molecule has 0 fully saturated rings. The van der Waals surface area contributed by atoms with Gasteiger partial charge in [0.2, 0.25) is 5.91 Å². The largest absolute Gasteiger partial charge is 0.345 e. The van der Waals surface area contributed by atoms with Gasteiger partial charge < -0.3 is 15.6 Å². The van der Waals surface area contributed by atoms with Crippen LogP contribution in [-0.4, -0.2) is 21.8 Å². The second-order valence-corrected chi connectivity index (χ2v) is 6.84. The topological polar surface area (TPSA) is 86.9 Å². The fourth-order valence-electron chi connectivity index (χ4n) is 3.06. The first-order valence-electron chi connectivity index (χ1n) is 8.31. The van der Waals surface area contributed by atoms with Gasteiger partial charge >= 0.3 is 0 Å². The summed E-state index contributed by atoms with van der Waals surface area (Å²) in [6, 6.07) is 12.8. The fraction of sp³-hybridized carbons (Fsp3) is 0.150. The third-order valence-electron chi connectivity index (χ3n) is 4.72. The minimum absolute atomic E-state index is 0.0561. The highest BCUT2D eigenvalue weighted by molar-refractivity contribution is 6.09. The molecule has 26 heavy (non-hydrogen) atoms. The number of rotatable bonds is 3. The lowest BCUT2D eigenvalue weighted by Crippen LogP contribution is -2.27. The zero-order valence-electron chi connectivity index (χ0n) is 14.5. The van der Waals surface area contributed by atoms with Crippen LogP contribution in [0.4, 0.5) is 11.4 Å². The zero-order valence-corrected chi connectivity index (χ0v) is 14.5. The Morgan fingerprint density at radius 1 is 1.12 bits per heavy atom. The van der Waals surface area contributed by atoms with Crippen molar-refractivity contribution in [2.45, 2.75) is 19.3 Å². The number of H-pyrrole nitrogens is 1. The van der Waals surface area contributed by atoms with Gasteiger partial charge in [-0.2, -0.15) is 0 Å². The summed E-state index contributed by atoms with van der Waals surface area (Å²) in [6.45, 7) is 3.70. The maximum absolute atomic E-state index is 12.6. The third kappa shape index (κ3) is 2.65. The number of carbonyl (C=O) groups excluding carboxylic acids is 2. The van der Waals surface area contributed by atoms with Crippen LogP contribution in [0.25, 0.3) is 11.3 Å².